The number of likely N-dealkylation sites (N-methyl/N-ethyl adjacent to an activating group) is 1. The number of nitrogens with zero attached hydrogens (tertiary/aromatic N) is 1. The Morgan fingerprint density at radius 1 is 0.854 bits per heavy atom. The first-order chi connectivity index (χ1) is 22.9. The van der Waals surface area contributed by atoms with Gasteiger partial charge in [-0.15, -0.1) is 0 Å². The third-order valence-electron chi connectivity index (χ3n) is 10.5. The van der Waals surface area contributed by atoms with Gasteiger partial charge >= 0.3 is 0 Å². The molecule has 3 aliphatic rings. The number of nitrogens with one attached hydrogen (secondary N) is 4. The van der Waals surface area contributed by atoms with Crippen molar-refractivity contribution in [1.29, 1.82) is 0 Å². The molecule has 3 rings (SSSR count). The molecule has 13 nitrogen and oxygen atoms in total. The highest BCUT2D eigenvalue weighted by atomic mass is 16.5. The predicted octanol–water partition coefficient (Wildman–Crippen LogP) is 1.50. The number of aliphatic hydroxyl groups excluding tert-OH is 1. The van der Waals surface area contributed by atoms with Gasteiger partial charge in [0.05, 0.1) is 24.7 Å². The van der Waals surface area contributed by atoms with Gasteiger partial charge < -0.3 is 41.7 Å². The largest absolute Gasteiger partial charge is 0.391 e. The molecule has 2 aliphatic carbocycles. The smallest absolute Gasteiger partial charge is 0.245 e. The number of ether oxygens (including phenoxy) is 1. The van der Waals surface area contributed by atoms with Crippen LogP contribution in [0.25, 0.3) is 0 Å². The van der Waals surface area contributed by atoms with Crippen LogP contribution in [0.4, 0.5) is 0 Å². The van der Waals surface area contributed by atoms with Crippen LogP contribution in [0.1, 0.15) is 111 Å². The van der Waals surface area contributed by atoms with E-state index in [1.807, 2.05) is 13.8 Å². The van der Waals surface area contributed by atoms with Crippen LogP contribution in [-0.4, -0.2) is 102 Å². The van der Waals surface area contributed by atoms with Crippen molar-refractivity contribution in [3.8, 4) is 0 Å². The lowest BCUT2D eigenvalue weighted by Gasteiger charge is -2.36. The lowest BCUT2D eigenvalue weighted by molar-refractivity contribution is -0.147. The number of hydrogen-bond acceptors (Lipinski definition) is 8. The number of aliphatic hydroxyl groups is 1. The van der Waals surface area contributed by atoms with Crippen molar-refractivity contribution in [2.75, 3.05) is 20.2 Å². The third kappa shape index (κ3) is 11.1. The van der Waals surface area contributed by atoms with Crippen molar-refractivity contribution in [2.24, 2.45) is 23.5 Å². The van der Waals surface area contributed by atoms with E-state index >= 15 is 0 Å². The Labute approximate surface area is 286 Å². The molecule has 48 heavy (non-hydrogen) atoms. The van der Waals surface area contributed by atoms with Crippen LogP contribution in [0.5, 0.6) is 0 Å². The summed E-state index contributed by atoms with van der Waals surface area (Å²) in [6.07, 6.45) is 9.94. The molecule has 1 aliphatic heterocycles. The topological polar surface area (TPSA) is 192 Å². The van der Waals surface area contributed by atoms with Crippen molar-refractivity contribution in [3.63, 3.8) is 0 Å². The Kier molecular flexibility index (Phi) is 16.1. The second-order valence-corrected chi connectivity index (χ2v) is 14.5. The maximum Gasteiger partial charge on any atom is 0.245 e. The lowest BCUT2D eigenvalue weighted by atomic mass is 9.82. The first-order valence-corrected chi connectivity index (χ1v) is 18.4. The average molecular weight is 679 g/mol. The summed E-state index contributed by atoms with van der Waals surface area (Å²) < 4.78 is 6.40. The fourth-order valence-electron chi connectivity index (χ4n) is 7.48. The Bertz CT molecular complexity index is 1080. The Balaban J connectivity index is 1.99. The van der Waals surface area contributed by atoms with Crippen LogP contribution in [0.2, 0.25) is 0 Å². The Morgan fingerprint density at radius 3 is 2.06 bits per heavy atom. The van der Waals surface area contributed by atoms with Gasteiger partial charge in [-0.05, 0) is 51.4 Å². The van der Waals surface area contributed by atoms with Crippen molar-refractivity contribution in [2.45, 2.75) is 154 Å². The lowest BCUT2D eigenvalue weighted by Crippen LogP contribution is -2.62. The van der Waals surface area contributed by atoms with E-state index in [0.717, 1.165) is 57.8 Å². The van der Waals surface area contributed by atoms with Crippen LogP contribution in [0, 0.1) is 17.8 Å². The molecule has 1 saturated heterocycles. The minimum atomic E-state index is -1.32. The molecule has 3 fully saturated rings. The van der Waals surface area contributed by atoms with E-state index in [2.05, 4.69) is 21.3 Å². The molecule has 0 aromatic carbocycles. The maximum absolute atomic E-state index is 14.1. The van der Waals surface area contributed by atoms with Gasteiger partial charge in [-0.1, -0.05) is 71.6 Å². The van der Waals surface area contributed by atoms with Crippen LogP contribution in [0.3, 0.4) is 0 Å². The summed E-state index contributed by atoms with van der Waals surface area (Å²) in [6, 6.07) is -4.79. The fraction of sp³-hybridized carbons (Fsp3) is 0.857. The molecule has 8 atom stereocenters. The molecule has 0 bridgehead atoms. The number of hydrogen-bond donors (Lipinski definition) is 6. The molecular weight excluding hydrogens is 616 g/mol. The second kappa shape index (κ2) is 19.4. The van der Waals surface area contributed by atoms with E-state index < -0.39 is 72.0 Å². The predicted molar refractivity (Wildman–Crippen MR) is 182 cm³/mol. The molecule has 0 radical (unpaired) electrons. The zero-order valence-electron chi connectivity index (χ0n) is 29.8. The minimum absolute atomic E-state index is 0.106. The maximum atomic E-state index is 14.1. The zero-order valence-corrected chi connectivity index (χ0v) is 29.8. The summed E-state index contributed by atoms with van der Waals surface area (Å²) in [5.74, 6) is -2.85. The van der Waals surface area contributed by atoms with Gasteiger partial charge in [0.2, 0.25) is 29.5 Å². The highest BCUT2D eigenvalue weighted by Gasteiger charge is 2.39. The monoisotopic (exact) mass is 678 g/mol. The first kappa shape index (κ1) is 39.7. The molecule has 0 aromatic heterocycles. The third-order valence-corrected chi connectivity index (χ3v) is 10.5. The molecule has 13 heteroatoms. The quantitative estimate of drug-likeness (QED) is 0.233. The summed E-state index contributed by atoms with van der Waals surface area (Å²) >= 11 is 0. The molecule has 7 N–H and O–H groups in total. The molecular formula is C35H62N6O7. The molecule has 2 saturated carbocycles. The number of carbonyl (C=O) groups is 5. The van der Waals surface area contributed by atoms with Crippen molar-refractivity contribution >= 4 is 29.5 Å². The number of nitrogens with two attached hydrogens (primary N) is 1. The Morgan fingerprint density at radius 2 is 1.48 bits per heavy atom. The molecule has 0 unspecified atom stereocenters. The van der Waals surface area contributed by atoms with Gasteiger partial charge in [-0.2, -0.15) is 0 Å². The van der Waals surface area contributed by atoms with Gasteiger partial charge in [-0.3, -0.25) is 24.0 Å². The van der Waals surface area contributed by atoms with Crippen LogP contribution < -0.4 is 27.0 Å². The number of amides is 5. The number of carbonyl (C=O) groups excluding carboxylic acids is 5. The second-order valence-electron chi connectivity index (χ2n) is 14.5. The minimum Gasteiger partial charge on any atom is -0.391 e. The molecule has 5 amide bonds. The van der Waals surface area contributed by atoms with E-state index in [-0.39, 0.29) is 25.0 Å². The van der Waals surface area contributed by atoms with Crippen LogP contribution in [0.15, 0.2) is 0 Å². The van der Waals surface area contributed by atoms with Gasteiger partial charge in [-0.25, -0.2) is 0 Å². The van der Waals surface area contributed by atoms with Crippen LogP contribution >= 0.6 is 0 Å². The summed E-state index contributed by atoms with van der Waals surface area (Å²) in [7, 11) is 1.64. The standard InChI is InChI=1S/C35H62N6O7/c1-6-13-27-32(44)40-30(25-16-11-8-12-17-25)34(46)38-26(19-36)31(43)39-29(23(4)42)33(45)37-21(2)20-48-28(22(3)35(47)41(27)5)18-24-14-9-7-10-15-24/h21-30,42H,6-20,36H2,1-5H3,(H,37,45)(H,38,46)(H,39,43)(H,40,44)/t21-,22-,23+,26+,27+,28-,29+,30+/m1/s1. The summed E-state index contributed by atoms with van der Waals surface area (Å²) in [5, 5.41) is 21.5. The Hall–Kier alpha value is -2.77. The molecule has 1 heterocycles. The van der Waals surface area contributed by atoms with E-state index in [9.17, 15) is 29.1 Å². The normalized spacial score (nSPS) is 32.6. The molecule has 0 spiro atoms. The molecule has 274 valence electrons. The van der Waals surface area contributed by atoms with Gasteiger partial charge in [0, 0.05) is 19.6 Å². The zero-order chi connectivity index (χ0) is 35.4. The van der Waals surface area contributed by atoms with Crippen molar-refractivity contribution in [3.05, 3.63) is 0 Å². The SMILES string of the molecule is CCC[C@H]1C(=O)N[C@@H](C2CCCCC2)C(=O)N[C@@H](CN)C(=O)N[C@@H]([C@H](C)O)C(=O)N[C@H](C)CO[C@H](CC2CCCCC2)[C@@H](C)C(=O)N1C. The van der Waals surface area contributed by atoms with Crippen LogP contribution in [-0.2, 0) is 28.7 Å². The average Bonchev–Trinajstić information content (AvgIpc) is 3.08. The van der Waals surface area contributed by atoms with E-state index in [1.165, 1.54) is 18.2 Å². The first-order valence-electron chi connectivity index (χ1n) is 18.4. The summed E-state index contributed by atoms with van der Waals surface area (Å²) in [4.78, 5) is 70.1. The van der Waals surface area contributed by atoms with E-state index in [0.29, 0.717) is 25.2 Å². The van der Waals surface area contributed by atoms with E-state index in [4.69, 9.17) is 10.5 Å². The highest BCUT2D eigenvalue weighted by Crippen LogP contribution is 2.31. The van der Waals surface area contributed by atoms with Gasteiger partial charge in [0.25, 0.3) is 0 Å². The summed E-state index contributed by atoms with van der Waals surface area (Å²) in [5.41, 5.74) is 5.92. The summed E-state index contributed by atoms with van der Waals surface area (Å²) in [6.45, 7) is 6.77. The fourth-order valence-corrected chi connectivity index (χ4v) is 7.48. The van der Waals surface area contributed by atoms with Gasteiger partial charge in [0.1, 0.15) is 24.2 Å². The van der Waals surface area contributed by atoms with E-state index in [1.54, 1.807) is 14.0 Å². The highest BCUT2D eigenvalue weighted by molar-refractivity contribution is 5.96. The molecule has 0 aromatic rings. The number of rotatable bonds is 7. The van der Waals surface area contributed by atoms with Crippen molar-refractivity contribution in [1.82, 2.24) is 26.2 Å². The van der Waals surface area contributed by atoms with Crippen molar-refractivity contribution < 1.29 is 33.8 Å². The van der Waals surface area contributed by atoms with Gasteiger partial charge in [0.15, 0.2) is 0 Å².